The topological polar surface area (TPSA) is 42.7 Å². The molecule has 4 nitrogen and oxygen atoms in total. The Labute approximate surface area is 116 Å². The van der Waals surface area contributed by atoms with Gasteiger partial charge >= 0.3 is 0 Å². The third-order valence-corrected chi connectivity index (χ3v) is 3.66. The van der Waals surface area contributed by atoms with E-state index in [1.807, 2.05) is 17.8 Å². The minimum atomic E-state index is 0.182. The summed E-state index contributed by atoms with van der Waals surface area (Å²) < 4.78 is 2.96. The van der Waals surface area contributed by atoms with E-state index in [2.05, 4.69) is 56.5 Å². The Hall–Kier alpha value is -1.20. The van der Waals surface area contributed by atoms with Gasteiger partial charge < -0.3 is 5.32 Å². The fraction of sp³-hybridized carbons (Fsp3) is 0.385. The van der Waals surface area contributed by atoms with Gasteiger partial charge in [-0.3, -0.25) is 4.68 Å². The highest BCUT2D eigenvalue weighted by atomic mass is 79.9. The molecule has 18 heavy (non-hydrogen) atoms. The van der Waals surface area contributed by atoms with Crippen molar-refractivity contribution in [2.75, 3.05) is 6.54 Å². The predicted octanol–water partition coefficient (Wildman–Crippen LogP) is 2.47. The highest BCUT2D eigenvalue weighted by Crippen LogP contribution is 2.22. The molecule has 1 unspecified atom stereocenters. The first kappa shape index (κ1) is 13.2. The van der Waals surface area contributed by atoms with Gasteiger partial charge in [-0.1, -0.05) is 41.1 Å². The first-order valence-corrected chi connectivity index (χ1v) is 6.82. The molecule has 1 heterocycles. The molecule has 2 rings (SSSR count). The Balaban J connectivity index is 2.22. The number of hydrogen-bond acceptors (Lipinski definition) is 3. The monoisotopic (exact) mass is 308 g/mol. The minimum Gasteiger partial charge on any atom is -0.307 e. The molecule has 1 aromatic carbocycles. The zero-order chi connectivity index (χ0) is 13.0. The number of benzene rings is 1. The smallest absolute Gasteiger partial charge is 0.144 e. The normalized spacial score (nSPS) is 12.6. The predicted molar refractivity (Wildman–Crippen MR) is 75.3 cm³/mol. The molecule has 96 valence electrons. The fourth-order valence-corrected chi connectivity index (χ4v) is 2.45. The number of nitrogens with one attached hydrogen (secondary N) is 1. The van der Waals surface area contributed by atoms with Gasteiger partial charge in [0.15, 0.2) is 0 Å². The number of hydrogen-bond donors (Lipinski definition) is 1. The summed E-state index contributed by atoms with van der Waals surface area (Å²) in [4.78, 5) is 4.33. The summed E-state index contributed by atoms with van der Waals surface area (Å²) in [6.45, 7) is 3.01. The van der Waals surface area contributed by atoms with Crippen LogP contribution in [0.25, 0.3) is 0 Å². The van der Waals surface area contributed by atoms with Crippen LogP contribution >= 0.6 is 15.9 Å². The van der Waals surface area contributed by atoms with E-state index in [9.17, 15) is 0 Å². The molecule has 0 aliphatic rings. The second-order valence-electron chi connectivity index (χ2n) is 4.15. The van der Waals surface area contributed by atoms with Crippen LogP contribution in [0.1, 0.15) is 24.4 Å². The van der Waals surface area contributed by atoms with Gasteiger partial charge in [0.1, 0.15) is 12.2 Å². The summed E-state index contributed by atoms with van der Waals surface area (Å²) >= 11 is 3.59. The number of rotatable bonds is 5. The second kappa shape index (κ2) is 6.11. The van der Waals surface area contributed by atoms with Gasteiger partial charge in [-0.15, -0.1) is 0 Å². The summed E-state index contributed by atoms with van der Waals surface area (Å²) in [5.74, 6) is 0.965. The van der Waals surface area contributed by atoms with Crippen molar-refractivity contribution < 1.29 is 0 Å². The van der Waals surface area contributed by atoms with Gasteiger partial charge in [0, 0.05) is 11.5 Å². The van der Waals surface area contributed by atoms with Crippen molar-refractivity contribution in [3.05, 3.63) is 46.5 Å². The highest BCUT2D eigenvalue weighted by Gasteiger charge is 2.17. The maximum atomic E-state index is 4.33. The van der Waals surface area contributed by atoms with E-state index in [1.165, 1.54) is 5.56 Å². The first-order chi connectivity index (χ1) is 8.72. The van der Waals surface area contributed by atoms with Gasteiger partial charge in [-0.25, -0.2) is 4.98 Å². The Morgan fingerprint density at radius 3 is 2.78 bits per heavy atom. The minimum absolute atomic E-state index is 0.182. The van der Waals surface area contributed by atoms with Crippen molar-refractivity contribution in [2.24, 2.45) is 7.05 Å². The van der Waals surface area contributed by atoms with Crippen LogP contribution in [0.2, 0.25) is 0 Å². The third kappa shape index (κ3) is 2.97. The average molecular weight is 309 g/mol. The van der Waals surface area contributed by atoms with E-state index in [0.29, 0.717) is 0 Å². The lowest BCUT2D eigenvalue weighted by atomic mass is 10.1. The third-order valence-electron chi connectivity index (χ3n) is 2.89. The fourth-order valence-electron chi connectivity index (χ4n) is 2.01. The van der Waals surface area contributed by atoms with Crippen LogP contribution in [-0.4, -0.2) is 21.3 Å². The molecule has 0 radical (unpaired) electrons. The Morgan fingerprint density at radius 1 is 1.39 bits per heavy atom. The van der Waals surface area contributed by atoms with E-state index in [0.717, 1.165) is 23.3 Å². The van der Waals surface area contributed by atoms with E-state index in [1.54, 1.807) is 6.33 Å². The van der Waals surface area contributed by atoms with Gasteiger partial charge in [0.2, 0.25) is 0 Å². The Kier molecular flexibility index (Phi) is 4.49. The molecule has 5 heteroatoms. The van der Waals surface area contributed by atoms with Crippen molar-refractivity contribution in [1.82, 2.24) is 20.1 Å². The van der Waals surface area contributed by atoms with Crippen molar-refractivity contribution in [1.29, 1.82) is 0 Å². The summed E-state index contributed by atoms with van der Waals surface area (Å²) in [6.07, 6.45) is 2.49. The lowest BCUT2D eigenvalue weighted by Gasteiger charge is -2.17. The molecule has 1 N–H and O–H groups in total. The van der Waals surface area contributed by atoms with E-state index < -0.39 is 0 Å². The second-order valence-corrected chi connectivity index (χ2v) is 5.00. The largest absolute Gasteiger partial charge is 0.307 e. The maximum Gasteiger partial charge on any atom is 0.144 e. The number of aromatic nitrogens is 3. The lowest BCUT2D eigenvalue weighted by Crippen LogP contribution is -2.26. The van der Waals surface area contributed by atoms with E-state index in [-0.39, 0.29) is 6.04 Å². The number of aryl methyl sites for hydroxylation is 1. The molecule has 0 spiro atoms. The quantitative estimate of drug-likeness (QED) is 0.922. The van der Waals surface area contributed by atoms with Crippen LogP contribution in [0.3, 0.4) is 0 Å². The van der Waals surface area contributed by atoms with Crippen molar-refractivity contribution >= 4 is 15.9 Å². The van der Waals surface area contributed by atoms with Crippen molar-refractivity contribution in [2.45, 2.75) is 19.4 Å². The first-order valence-electron chi connectivity index (χ1n) is 6.03. The molecular weight excluding hydrogens is 292 g/mol. The van der Waals surface area contributed by atoms with Crippen LogP contribution in [0.4, 0.5) is 0 Å². The number of halogens is 1. The van der Waals surface area contributed by atoms with Crippen LogP contribution in [0, 0.1) is 0 Å². The van der Waals surface area contributed by atoms with Gasteiger partial charge in [-0.2, -0.15) is 5.10 Å². The van der Waals surface area contributed by atoms with E-state index >= 15 is 0 Å². The summed E-state index contributed by atoms with van der Waals surface area (Å²) in [5, 5.41) is 7.60. The molecule has 0 aliphatic carbocycles. The molecule has 0 fully saturated rings. The van der Waals surface area contributed by atoms with Crippen LogP contribution in [0.5, 0.6) is 0 Å². The Bertz CT molecular complexity index is 509. The van der Waals surface area contributed by atoms with Gasteiger partial charge in [0.05, 0.1) is 6.04 Å². The number of nitrogens with zero attached hydrogens (tertiary/aromatic N) is 3. The highest BCUT2D eigenvalue weighted by molar-refractivity contribution is 9.10. The van der Waals surface area contributed by atoms with Crippen LogP contribution < -0.4 is 5.32 Å². The van der Waals surface area contributed by atoms with Crippen molar-refractivity contribution in [3.63, 3.8) is 0 Å². The molecular formula is C13H17BrN4. The summed E-state index contributed by atoms with van der Waals surface area (Å²) in [5.41, 5.74) is 1.27. The molecule has 0 bridgehead atoms. The SMILES string of the molecule is CCNC(Cc1ccccc1Br)c1ncnn1C. The van der Waals surface area contributed by atoms with Gasteiger partial charge in [-0.05, 0) is 24.6 Å². The van der Waals surface area contributed by atoms with Crippen LogP contribution in [0.15, 0.2) is 35.1 Å². The molecule has 1 aromatic heterocycles. The standard InChI is InChI=1S/C13H17BrN4/c1-3-15-12(13-16-9-17-18(13)2)8-10-6-4-5-7-11(10)14/h4-7,9,12,15H,3,8H2,1-2H3. The summed E-state index contributed by atoms with van der Waals surface area (Å²) in [7, 11) is 1.92. The van der Waals surface area contributed by atoms with Crippen LogP contribution in [-0.2, 0) is 13.5 Å². The van der Waals surface area contributed by atoms with E-state index in [4.69, 9.17) is 0 Å². The molecule has 0 amide bonds. The summed E-state index contributed by atoms with van der Waals surface area (Å²) in [6, 6.07) is 8.46. The number of likely N-dealkylation sites (N-methyl/N-ethyl adjacent to an activating group) is 1. The molecule has 0 saturated heterocycles. The lowest BCUT2D eigenvalue weighted by molar-refractivity contribution is 0.495. The van der Waals surface area contributed by atoms with Crippen molar-refractivity contribution in [3.8, 4) is 0 Å². The zero-order valence-electron chi connectivity index (χ0n) is 10.6. The maximum absolute atomic E-state index is 4.33. The van der Waals surface area contributed by atoms with Gasteiger partial charge in [0.25, 0.3) is 0 Å². The molecule has 0 saturated carbocycles. The molecule has 2 aromatic rings. The average Bonchev–Trinajstić information content (AvgIpc) is 2.78. The molecule has 1 atom stereocenters. The Morgan fingerprint density at radius 2 is 2.17 bits per heavy atom. The zero-order valence-corrected chi connectivity index (χ0v) is 12.2. The molecule has 0 aliphatic heterocycles.